The van der Waals surface area contributed by atoms with Crippen LogP contribution in [0.2, 0.25) is 0 Å². The first-order valence-corrected chi connectivity index (χ1v) is 8.90. The van der Waals surface area contributed by atoms with E-state index < -0.39 is 0 Å². The van der Waals surface area contributed by atoms with Crippen molar-refractivity contribution in [3.05, 3.63) is 84.1 Å². The lowest BCUT2D eigenvalue weighted by atomic mass is 10.0. The Morgan fingerprint density at radius 1 is 1.11 bits per heavy atom. The van der Waals surface area contributed by atoms with Gasteiger partial charge in [0.05, 0.1) is 17.5 Å². The molecule has 2 heterocycles. The van der Waals surface area contributed by atoms with Crippen molar-refractivity contribution >= 4 is 16.7 Å². The lowest BCUT2D eigenvalue weighted by Crippen LogP contribution is -2.86. The Kier molecular flexibility index (Phi) is 4.60. The van der Waals surface area contributed by atoms with E-state index in [9.17, 15) is 9.18 Å². The molecule has 4 rings (SSSR count). The van der Waals surface area contributed by atoms with Gasteiger partial charge < -0.3 is 14.7 Å². The minimum Gasteiger partial charge on any atom is -0.463 e. The summed E-state index contributed by atoms with van der Waals surface area (Å²) in [7, 11) is 0. The van der Waals surface area contributed by atoms with Crippen molar-refractivity contribution in [2.75, 3.05) is 6.54 Å². The molecule has 0 amide bonds. The maximum atomic E-state index is 13.3. The molecule has 0 saturated carbocycles. The fourth-order valence-electron chi connectivity index (χ4n) is 3.32. The maximum Gasteiger partial charge on any atom is 0.219 e. The van der Waals surface area contributed by atoms with Crippen LogP contribution in [0, 0.1) is 5.82 Å². The first-order valence-electron chi connectivity index (χ1n) is 8.90. The second kappa shape index (κ2) is 7.21. The standard InChI is InChI=1S/C22H19FN2O2/c1-14(20-7-4-12-27-20)24-13-19(26)21-17-5-2-3-6-18(17)25-22(21)15-8-10-16(23)11-9-15/h2-12,14,24-25H,13H2,1H3/p+1/t14-/m0/s1. The Balaban J connectivity index is 1.68. The predicted molar refractivity (Wildman–Crippen MR) is 102 cm³/mol. The van der Waals surface area contributed by atoms with Crippen molar-refractivity contribution in [3.8, 4) is 11.3 Å². The normalized spacial score (nSPS) is 12.4. The van der Waals surface area contributed by atoms with Crippen molar-refractivity contribution in [1.82, 2.24) is 4.98 Å². The lowest BCUT2D eigenvalue weighted by Gasteiger charge is -2.08. The zero-order chi connectivity index (χ0) is 18.8. The van der Waals surface area contributed by atoms with Crippen LogP contribution in [0.3, 0.4) is 0 Å². The average molecular weight is 363 g/mol. The van der Waals surface area contributed by atoms with E-state index in [-0.39, 0.29) is 24.2 Å². The Labute approximate surface area is 156 Å². The number of para-hydroxylation sites is 1. The second-order valence-electron chi connectivity index (χ2n) is 6.59. The van der Waals surface area contributed by atoms with E-state index in [0.717, 1.165) is 27.9 Å². The number of rotatable bonds is 6. The monoisotopic (exact) mass is 363 g/mol. The highest BCUT2D eigenvalue weighted by Crippen LogP contribution is 2.30. The summed E-state index contributed by atoms with van der Waals surface area (Å²) in [4.78, 5) is 16.4. The van der Waals surface area contributed by atoms with Crippen molar-refractivity contribution in [2.45, 2.75) is 13.0 Å². The first-order chi connectivity index (χ1) is 13.1. The largest absolute Gasteiger partial charge is 0.463 e. The molecule has 27 heavy (non-hydrogen) atoms. The van der Waals surface area contributed by atoms with Crippen LogP contribution in [0.5, 0.6) is 0 Å². The number of fused-ring (bicyclic) bond motifs is 1. The van der Waals surface area contributed by atoms with Crippen LogP contribution in [0.1, 0.15) is 29.1 Å². The molecule has 1 atom stereocenters. The number of ketones is 1. The number of H-pyrrole nitrogens is 1. The SMILES string of the molecule is C[C@H]([NH2+]CC(=O)c1c(-c2ccc(F)cc2)[nH]c2ccccc12)c1ccco1. The van der Waals surface area contributed by atoms with Gasteiger partial charge in [0.2, 0.25) is 5.78 Å². The number of Topliss-reactive ketones (excluding diaryl/α,β-unsaturated/α-hetero) is 1. The Hall–Kier alpha value is -3.18. The lowest BCUT2D eigenvalue weighted by molar-refractivity contribution is -0.683. The van der Waals surface area contributed by atoms with E-state index in [4.69, 9.17) is 4.42 Å². The van der Waals surface area contributed by atoms with Crippen LogP contribution in [0.25, 0.3) is 22.2 Å². The number of nitrogens with two attached hydrogens (primary N) is 1. The summed E-state index contributed by atoms with van der Waals surface area (Å²) in [5.41, 5.74) is 3.04. The van der Waals surface area contributed by atoms with Crippen LogP contribution in [0.4, 0.5) is 4.39 Å². The summed E-state index contributed by atoms with van der Waals surface area (Å²) < 4.78 is 18.7. The summed E-state index contributed by atoms with van der Waals surface area (Å²) in [6.07, 6.45) is 1.63. The molecule has 0 aliphatic heterocycles. The van der Waals surface area contributed by atoms with E-state index in [1.165, 1.54) is 12.1 Å². The maximum absolute atomic E-state index is 13.3. The van der Waals surface area contributed by atoms with Gasteiger partial charge in [-0.2, -0.15) is 0 Å². The van der Waals surface area contributed by atoms with E-state index in [2.05, 4.69) is 4.98 Å². The van der Waals surface area contributed by atoms with Gasteiger partial charge in [0, 0.05) is 10.9 Å². The predicted octanol–water partition coefficient (Wildman–Crippen LogP) is 4.07. The minimum absolute atomic E-state index is 0.0187. The van der Waals surface area contributed by atoms with Gasteiger partial charge in [0.15, 0.2) is 5.76 Å². The fourth-order valence-corrected chi connectivity index (χ4v) is 3.32. The van der Waals surface area contributed by atoms with Gasteiger partial charge in [0.25, 0.3) is 0 Å². The number of aromatic amines is 1. The number of carbonyl (C=O) groups is 1. The minimum atomic E-state index is -0.302. The summed E-state index contributed by atoms with van der Waals surface area (Å²) in [5, 5.41) is 2.83. The molecule has 0 saturated heterocycles. The molecule has 0 aliphatic carbocycles. The molecule has 2 aromatic heterocycles. The summed E-state index contributed by atoms with van der Waals surface area (Å²) in [6, 6.07) is 17.7. The Morgan fingerprint density at radius 3 is 2.63 bits per heavy atom. The topological polar surface area (TPSA) is 62.6 Å². The first kappa shape index (κ1) is 17.2. The van der Waals surface area contributed by atoms with Gasteiger partial charge in [-0.05, 0) is 55.0 Å². The molecule has 2 aromatic carbocycles. The summed E-state index contributed by atoms with van der Waals surface area (Å²) in [6.45, 7) is 2.29. The number of aromatic nitrogens is 1. The number of hydrogen-bond donors (Lipinski definition) is 2. The summed E-state index contributed by atoms with van der Waals surface area (Å²) in [5.74, 6) is 0.550. The van der Waals surface area contributed by atoms with E-state index >= 15 is 0 Å². The molecule has 4 aromatic rings. The molecule has 4 nitrogen and oxygen atoms in total. The molecule has 0 unspecified atom stereocenters. The molecular formula is C22H20FN2O2+. The van der Waals surface area contributed by atoms with E-state index in [1.807, 2.05) is 48.6 Å². The average Bonchev–Trinajstić information content (AvgIpc) is 3.34. The fraction of sp³-hybridized carbons (Fsp3) is 0.136. The molecule has 3 N–H and O–H groups in total. The number of hydrogen-bond acceptors (Lipinski definition) is 2. The van der Waals surface area contributed by atoms with E-state index in [0.29, 0.717) is 5.56 Å². The van der Waals surface area contributed by atoms with Crippen molar-refractivity contribution in [1.29, 1.82) is 0 Å². The Bertz CT molecular complexity index is 1070. The van der Waals surface area contributed by atoms with Crippen LogP contribution in [-0.2, 0) is 0 Å². The third-order valence-corrected chi connectivity index (χ3v) is 4.77. The van der Waals surface area contributed by atoms with Crippen molar-refractivity contribution < 1.29 is 18.9 Å². The molecule has 0 bridgehead atoms. The van der Waals surface area contributed by atoms with E-state index in [1.54, 1.807) is 18.4 Å². The molecule has 0 fully saturated rings. The number of furan rings is 1. The van der Waals surface area contributed by atoms with Crippen LogP contribution < -0.4 is 5.32 Å². The highest BCUT2D eigenvalue weighted by Gasteiger charge is 2.22. The van der Waals surface area contributed by atoms with Gasteiger partial charge in [-0.1, -0.05) is 18.2 Å². The summed E-state index contributed by atoms with van der Waals surface area (Å²) >= 11 is 0. The molecule has 136 valence electrons. The Morgan fingerprint density at radius 2 is 1.89 bits per heavy atom. The number of carbonyl (C=O) groups excluding carboxylic acids is 1. The molecule has 0 spiro atoms. The van der Waals surface area contributed by atoms with Gasteiger partial charge in [0.1, 0.15) is 18.4 Å². The zero-order valence-corrected chi connectivity index (χ0v) is 14.9. The van der Waals surface area contributed by atoms with Gasteiger partial charge >= 0.3 is 0 Å². The smallest absolute Gasteiger partial charge is 0.219 e. The number of halogens is 1. The van der Waals surface area contributed by atoms with Gasteiger partial charge in [-0.25, -0.2) is 4.39 Å². The van der Waals surface area contributed by atoms with Gasteiger partial charge in [-0.15, -0.1) is 0 Å². The molecular weight excluding hydrogens is 343 g/mol. The van der Waals surface area contributed by atoms with Crippen molar-refractivity contribution in [2.24, 2.45) is 0 Å². The molecule has 0 radical (unpaired) electrons. The molecule has 0 aliphatic rings. The van der Waals surface area contributed by atoms with Gasteiger partial charge in [-0.3, -0.25) is 4.79 Å². The number of benzene rings is 2. The number of quaternary nitrogens is 1. The van der Waals surface area contributed by atoms with Crippen LogP contribution in [-0.4, -0.2) is 17.3 Å². The molecule has 5 heteroatoms. The third kappa shape index (κ3) is 3.41. The quantitative estimate of drug-likeness (QED) is 0.507. The highest BCUT2D eigenvalue weighted by atomic mass is 19.1. The third-order valence-electron chi connectivity index (χ3n) is 4.77. The van der Waals surface area contributed by atoms with Crippen LogP contribution >= 0.6 is 0 Å². The zero-order valence-electron chi connectivity index (χ0n) is 14.9. The highest BCUT2D eigenvalue weighted by molar-refractivity contribution is 6.13. The van der Waals surface area contributed by atoms with Crippen LogP contribution in [0.15, 0.2) is 71.3 Å². The number of nitrogens with one attached hydrogen (secondary N) is 1. The van der Waals surface area contributed by atoms with Crippen molar-refractivity contribution in [3.63, 3.8) is 0 Å². The second-order valence-corrected chi connectivity index (χ2v) is 6.59.